The third-order valence-corrected chi connectivity index (χ3v) is 2.82. The fraction of sp³-hybridized carbons (Fsp3) is 0.125. The lowest BCUT2D eigenvalue weighted by Crippen LogP contribution is -2.14. The van der Waals surface area contributed by atoms with E-state index in [0.717, 1.165) is 11.3 Å². The molecule has 0 amide bonds. The van der Waals surface area contributed by atoms with Gasteiger partial charge in [-0.15, -0.1) is 0 Å². The largest absolute Gasteiger partial charge is 0.388 e. The molecule has 0 bridgehead atoms. The first-order chi connectivity index (χ1) is 9.16. The van der Waals surface area contributed by atoms with Crippen molar-refractivity contribution >= 4 is 11.5 Å². The molecule has 2 aromatic rings. The van der Waals surface area contributed by atoms with E-state index in [1.165, 1.54) is 0 Å². The zero-order valence-corrected chi connectivity index (χ0v) is 10.5. The standard InChI is InChI=1S/C16H16NO2/c1-12(18)14-8-5-9-15(10-14)17-11-16(19)13-6-3-2-4-7-13/h2-10,12,17-18H,1,11H2/t12-/m1/s1. The van der Waals surface area contributed by atoms with Crippen molar-refractivity contribution in [2.24, 2.45) is 0 Å². The van der Waals surface area contributed by atoms with Gasteiger partial charge < -0.3 is 10.4 Å². The van der Waals surface area contributed by atoms with Gasteiger partial charge in [0.05, 0.1) is 12.6 Å². The van der Waals surface area contributed by atoms with E-state index >= 15 is 0 Å². The molecule has 2 rings (SSSR count). The summed E-state index contributed by atoms with van der Waals surface area (Å²) in [7, 11) is 0. The Morgan fingerprint density at radius 2 is 1.89 bits per heavy atom. The Balaban J connectivity index is 1.99. The molecule has 0 fully saturated rings. The molecule has 0 spiro atoms. The SMILES string of the molecule is [CH2][C@@H](O)c1cccc(NCC(=O)c2ccccc2)c1. The molecule has 0 unspecified atom stereocenters. The van der Waals surface area contributed by atoms with Gasteiger partial charge in [-0.2, -0.15) is 0 Å². The number of aliphatic hydroxyl groups excluding tert-OH is 1. The van der Waals surface area contributed by atoms with E-state index in [9.17, 15) is 9.90 Å². The van der Waals surface area contributed by atoms with Crippen molar-refractivity contribution in [3.8, 4) is 0 Å². The second-order valence-electron chi connectivity index (χ2n) is 4.28. The first-order valence-electron chi connectivity index (χ1n) is 6.10. The minimum Gasteiger partial charge on any atom is -0.388 e. The smallest absolute Gasteiger partial charge is 0.181 e. The highest BCUT2D eigenvalue weighted by Crippen LogP contribution is 2.16. The van der Waals surface area contributed by atoms with Crippen LogP contribution >= 0.6 is 0 Å². The fourth-order valence-corrected chi connectivity index (χ4v) is 1.76. The molecular formula is C16H16NO2. The number of carbonyl (C=O) groups excluding carboxylic acids is 1. The average Bonchev–Trinajstić information content (AvgIpc) is 2.46. The van der Waals surface area contributed by atoms with E-state index in [-0.39, 0.29) is 12.3 Å². The van der Waals surface area contributed by atoms with Crippen LogP contribution in [0.4, 0.5) is 5.69 Å². The number of carbonyl (C=O) groups is 1. The number of rotatable bonds is 5. The molecule has 0 saturated carbocycles. The maximum Gasteiger partial charge on any atom is 0.181 e. The molecule has 2 aromatic carbocycles. The Kier molecular flexibility index (Phi) is 4.31. The summed E-state index contributed by atoms with van der Waals surface area (Å²) in [5.74, 6) is 0.0289. The van der Waals surface area contributed by atoms with Gasteiger partial charge >= 0.3 is 0 Å². The van der Waals surface area contributed by atoms with Crippen molar-refractivity contribution in [3.05, 3.63) is 72.6 Å². The lowest BCUT2D eigenvalue weighted by molar-refractivity contribution is 0.101. The number of benzene rings is 2. The van der Waals surface area contributed by atoms with Gasteiger partial charge in [0.25, 0.3) is 0 Å². The molecular weight excluding hydrogens is 238 g/mol. The highest BCUT2D eigenvalue weighted by molar-refractivity contribution is 5.98. The summed E-state index contributed by atoms with van der Waals surface area (Å²) in [5, 5.41) is 12.4. The molecule has 0 aliphatic carbocycles. The summed E-state index contributed by atoms with van der Waals surface area (Å²) in [6, 6.07) is 16.4. The summed E-state index contributed by atoms with van der Waals surface area (Å²) in [5.41, 5.74) is 2.20. The van der Waals surface area contributed by atoms with Crippen LogP contribution in [0.5, 0.6) is 0 Å². The van der Waals surface area contributed by atoms with Crippen LogP contribution in [0.1, 0.15) is 22.0 Å². The van der Waals surface area contributed by atoms with Gasteiger partial charge in [-0.25, -0.2) is 0 Å². The van der Waals surface area contributed by atoms with Gasteiger partial charge in [0.2, 0.25) is 0 Å². The second kappa shape index (κ2) is 6.16. The zero-order chi connectivity index (χ0) is 13.7. The lowest BCUT2D eigenvalue weighted by Gasteiger charge is -2.09. The number of Topliss-reactive ketones (excluding diaryl/α,β-unsaturated/α-hetero) is 1. The van der Waals surface area contributed by atoms with Crippen molar-refractivity contribution in [2.75, 3.05) is 11.9 Å². The molecule has 2 N–H and O–H groups in total. The van der Waals surface area contributed by atoms with Gasteiger partial charge in [0, 0.05) is 11.3 Å². The first-order valence-corrected chi connectivity index (χ1v) is 6.10. The van der Waals surface area contributed by atoms with Crippen LogP contribution in [-0.2, 0) is 0 Å². The third-order valence-electron chi connectivity index (χ3n) is 2.82. The van der Waals surface area contributed by atoms with Crippen molar-refractivity contribution in [3.63, 3.8) is 0 Å². The molecule has 19 heavy (non-hydrogen) atoms. The molecule has 0 aliphatic rings. The van der Waals surface area contributed by atoms with Crippen molar-refractivity contribution in [1.29, 1.82) is 0 Å². The molecule has 3 nitrogen and oxygen atoms in total. The molecule has 97 valence electrons. The summed E-state index contributed by atoms with van der Waals surface area (Å²) in [4.78, 5) is 11.9. The number of hydrogen-bond acceptors (Lipinski definition) is 3. The average molecular weight is 254 g/mol. The second-order valence-corrected chi connectivity index (χ2v) is 4.28. The molecule has 1 radical (unpaired) electrons. The predicted molar refractivity (Wildman–Crippen MR) is 76.0 cm³/mol. The number of anilines is 1. The van der Waals surface area contributed by atoms with E-state index in [4.69, 9.17) is 0 Å². The summed E-state index contributed by atoms with van der Waals surface area (Å²) >= 11 is 0. The van der Waals surface area contributed by atoms with E-state index in [1.54, 1.807) is 24.3 Å². The van der Waals surface area contributed by atoms with Crippen LogP contribution in [0.15, 0.2) is 54.6 Å². The fourth-order valence-electron chi connectivity index (χ4n) is 1.76. The minimum atomic E-state index is -0.758. The number of nitrogens with one attached hydrogen (secondary N) is 1. The van der Waals surface area contributed by atoms with Gasteiger partial charge in [-0.1, -0.05) is 42.5 Å². The van der Waals surface area contributed by atoms with Crippen molar-refractivity contribution in [2.45, 2.75) is 6.10 Å². The van der Waals surface area contributed by atoms with E-state index in [1.807, 2.05) is 30.3 Å². The number of ketones is 1. The van der Waals surface area contributed by atoms with Gasteiger partial charge in [-0.3, -0.25) is 4.79 Å². The van der Waals surface area contributed by atoms with E-state index in [2.05, 4.69) is 12.2 Å². The topological polar surface area (TPSA) is 49.3 Å². The van der Waals surface area contributed by atoms with Crippen LogP contribution in [0.2, 0.25) is 0 Å². The van der Waals surface area contributed by atoms with E-state index in [0.29, 0.717) is 5.56 Å². The van der Waals surface area contributed by atoms with Crippen LogP contribution in [0, 0.1) is 6.92 Å². The van der Waals surface area contributed by atoms with Crippen LogP contribution in [0.3, 0.4) is 0 Å². The van der Waals surface area contributed by atoms with Crippen LogP contribution < -0.4 is 5.32 Å². The van der Waals surface area contributed by atoms with Gasteiger partial charge in [0.1, 0.15) is 0 Å². The molecule has 0 aromatic heterocycles. The molecule has 0 heterocycles. The number of hydrogen-bond donors (Lipinski definition) is 2. The van der Waals surface area contributed by atoms with Crippen LogP contribution in [0.25, 0.3) is 0 Å². The van der Waals surface area contributed by atoms with Gasteiger partial charge in [0.15, 0.2) is 5.78 Å². The molecule has 0 saturated heterocycles. The first kappa shape index (κ1) is 13.3. The van der Waals surface area contributed by atoms with E-state index < -0.39 is 6.10 Å². The lowest BCUT2D eigenvalue weighted by atomic mass is 10.1. The maximum atomic E-state index is 11.9. The molecule has 0 aliphatic heterocycles. The van der Waals surface area contributed by atoms with Gasteiger partial charge in [-0.05, 0) is 24.6 Å². The quantitative estimate of drug-likeness (QED) is 0.807. The Morgan fingerprint density at radius 1 is 1.16 bits per heavy atom. The normalized spacial score (nSPS) is 11.9. The Hall–Kier alpha value is -2.13. The molecule has 3 heteroatoms. The third kappa shape index (κ3) is 3.66. The predicted octanol–water partition coefficient (Wildman–Crippen LogP) is 2.85. The monoisotopic (exact) mass is 254 g/mol. The molecule has 1 atom stereocenters. The summed E-state index contributed by atoms with van der Waals surface area (Å²) < 4.78 is 0. The zero-order valence-electron chi connectivity index (χ0n) is 10.5. The maximum absolute atomic E-state index is 11.9. The Labute approximate surface area is 112 Å². The van der Waals surface area contributed by atoms with Crippen molar-refractivity contribution < 1.29 is 9.90 Å². The highest BCUT2D eigenvalue weighted by Gasteiger charge is 2.05. The summed E-state index contributed by atoms with van der Waals surface area (Å²) in [6.45, 7) is 3.78. The van der Waals surface area contributed by atoms with Crippen LogP contribution in [-0.4, -0.2) is 17.4 Å². The van der Waals surface area contributed by atoms with Crippen molar-refractivity contribution in [1.82, 2.24) is 0 Å². The highest BCUT2D eigenvalue weighted by atomic mass is 16.3. The Morgan fingerprint density at radius 3 is 2.58 bits per heavy atom. The minimum absolute atomic E-state index is 0.0289. The number of aliphatic hydroxyl groups is 1. The summed E-state index contributed by atoms with van der Waals surface area (Å²) in [6.07, 6.45) is -0.758. The Bertz CT molecular complexity index is 550.